The molecule has 208 valence electrons. The van der Waals surface area contributed by atoms with Crippen LogP contribution in [0.15, 0.2) is 66.2 Å². The van der Waals surface area contributed by atoms with E-state index in [1.807, 2.05) is 17.5 Å². The van der Waals surface area contributed by atoms with Gasteiger partial charge in [0.2, 0.25) is 11.7 Å². The molecule has 1 atom stereocenters. The van der Waals surface area contributed by atoms with E-state index in [0.29, 0.717) is 52.4 Å². The first-order chi connectivity index (χ1) is 19.8. The Hall–Kier alpha value is -4.13. The van der Waals surface area contributed by atoms with Crippen LogP contribution >= 0.6 is 34.5 Å². The second-order valence-corrected chi connectivity index (χ2v) is 11.2. The molecule has 5 aromatic rings. The number of benzene rings is 2. The number of aromatic nitrogens is 6. The number of nitrogens with zero attached hydrogens (tertiary/aromatic N) is 7. The summed E-state index contributed by atoms with van der Waals surface area (Å²) >= 11 is 13.4. The van der Waals surface area contributed by atoms with Crippen molar-refractivity contribution < 1.29 is 14.0 Å². The smallest absolute Gasteiger partial charge is 0.293 e. The van der Waals surface area contributed by atoms with Crippen LogP contribution in [-0.2, 0) is 11.3 Å². The van der Waals surface area contributed by atoms with E-state index in [1.165, 1.54) is 32.8 Å². The van der Waals surface area contributed by atoms with Crippen molar-refractivity contribution in [3.63, 3.8) is 0 Å². The fraction of sp³-hybridized carbons (Fsp3) is 0.185. The maximum Gasteiger partial charge on any atom is 0.293 e. The Morgan fingerprint density at radius 3 is 2.68 bits per heavy atom. The maximum atomic E-state index is 14.0. The van der Waals surface area contributed by atoms with E-state index in [9.17, 15) is 14.0 Å². The Kier molecular flexibility index (Phi) is 7.52. The van der Waals surface area contributed by atoms with Gasteiger partial charge in [0.1, 0.15) is 12.4 Å². The zero-order valence-corrected chi connectivity index (χ0v) is 23.6. The molecule has 2 aromatic carbocycles. The van der Waals surface area contributed by atoms with E-state index < -0.39 is 5.82 Å². The number of carbonyl (C=O) groups excluding carboxylic acids is 2. The van der Waals surface area contributed by atoms with Crippen molar-refractivity contribution in [1.82, 2.24) is 34.7 Å². The molecular formula is C27H21Cl2FN8O2S. The van der Waals surface area contributed by atoms with Crippen molar-refractivity contribution in [2.24, 2.45) is 0 Å². The lowest BCUT2D eigenvalue weighted by Crippen LogP contribution is -2.29. The van der Waals surface area contributed by atoms with Crippen LogP contribution in [0.1, 0.15) is 28.7 Å². The van der Waals surface area contributed by atoms with Gasteiger partial charge < -0.3 is 10.2 Å². The summed E-state index contributed by atoms with van der Waals surface area (Å²) in [5.41, 5.74) is 1.63. The number of hydrogen-bond acceptors (Lipinski definition) is 7. The highest BCUT2D eigenvalue weighted by Crippen LogP contribution is 2.29. The fourth-order valence-corrected chi connectivity index (χ4v) is 5.86. The Labute approximate surface area is 247 Å². The molecule has 0 bridgehead atoms. The Bertz CT molecular complexity index is 1720. The second kappa shape index (κ2) is 11.4. The summed E-state index contributed by atoms with van der Waals surface area (Å²) < 4.78 is 16.9. The SMILES string of the molecule is O=C(Cn1cc(C2CCN(C(=O)c3nc(-c4cccs4)n(-c4cccc(F)c4)n3)C2)nn1)Nc1cc(Cl)cc(Cl)c1. The molecule has 2 amide bonds. The molecule has 3 aromatic heterocycles. The van der Waals surface area contributed by atoms with Crippen LogP contribution in [0.5, 0.6) is 0 Å². The number of rotatable bonds is 7. The predicted molar refractivity (Wildman–Crippen MR) is 153 cm³/mol. The molecule has 1 aliphatic heterocycles. The summed E-state index contributed by atoms with van der Waals surface area (Å²) in [6, 6.07) is 14.5. The standard InChI is InChI=1S/C27H21Cl2FN8O2S/c28-17-9-18(29)11-20(10-17)31-24(39)15-37-14-22(33-35-37)16-6-7-36(13-16)27(40)25-32-26(23-5-2-8-41-23)38(34-25)21-4-1-3-19(30)12-21/h1-5,8-12,14,16H,6-7,13,15H2,(H,31,39). The summed E-state index contributed by atoms with van der Waals surface area (Å²) in [6.45, 7) is 0.822. The third kappa shape index (κ3) is 5.99. The van der Waals surface area contributed by atoms with Crippen molar-refractivity contribution in [2.45, 2.75) is 18.9 Å². The second-order valence-electron chi connectivity index (χ2n) is 9.41. The first kappa shape index (κ1) is 27.1. The van der Waals surface area contributed by atoms with E-state index in [1.54, 1.807) is 41.4 Å². The van der Waals surface area contributed by atoms with Crippen LogP contribution in [0.2, 0.25) is 10.0 Å². The molecule has 6 rings (SSSR count). The topological polar surface area (TPSA) is 111 Å². The average Bonchev–Trinajstić information content (AvgIpc) is 3.74. The van der Waals surface area contributed by atoms with Gasteiger partial charge in [-0.15, -0.1) is 21.5 Å². The van der Waals surface area contributed by atoms with Crippen molar-refractivity contribution in [3.8, 4) is 16.4 Å². The normalized spacial score (nSPS) is 14.9. The molecule has 4 heterocycles. The molecule has 1 saturated heterocycles. The van der Waals surface area contributed by atoms with Crippen molar-refractivity contribution in [3.05, 3.63) is 93.6 Å². The van der Waals surface area contributed by atoms with Gasteiger partial charge in [-0.3, -0.25) is 9.59 Å². The van der Waals surface area contributed by atoms with Gasteiger partial charge >= 0.3 is 0 Å². The minimum Gasteiger partial charge on any atom is -0.335 e. The minimum absolute atomic E-state index is 0.0276. The average molecular weight is 611 g/mol. The highest BCUT2D eigenvalue weighted by molar-refractivity contribution is 7.13. The lowest BCUT2D eigenvalue weighted by atomic mass is 10.1. The number of nitrogens with one attached hydrogen (secondary N) is 1. The van der Waals surface area contributed by atoms with Gasteiger partial charge in [0.05, 0.1) is 16.3 Å². The number of hydrogen-bond donors (Lipinski definition) is 1. The van der Waals surface area contributed by atoms with Gasteiger partial charge in [0.15, 0.2) is 5.82 Å². The molecule has 0 saturated carbocycles. The van der Waals surface area contributed by atoms with Crippen LogP contribution < -0.4 is 5.32 Å². The lowest BCUT2D eigenvalue weighted by molar-refractivity contribution is -0.116. The maximum absolute atomic E-state index is 14.0. The van der Waals surface area contributed by atoms with Crippen LogP contribution in [0.3, 0.4) is 0 Å². The van der Waals surface area contributed by atoms with Gasteiger partial charge in [-0.1, -0.05) is 40.5 Å². The van der Waals surface area contributed by atoms with Crippen LogP contribution in [0.25, 0.3) is 16.4 Å². The number of amides is 2. The van der Waals surface area contributed by atoms with Gasteiger partial charge in [-0.05, 0) is 54.3 Å². The first-order valence-electron chi connectivity index (χ1n) is 12.5. The highest BCUT2D eigenvalue weighted by Gasteiger charge is 2.32. The molecule has 1 fully saturated rings. The van der Waals surface area contributed by atoms with E-state index >= 15 is 0 Å². The molecule has 0 aliphatic carbocycles. The molecular weight excluding hydrogens is 590 g/mol. The van der Waals surface area contributed by atoms with Crippen molar-refractivity contribution >= 4 is 52.0 Å². The molecule has 0 radical (unpaired) electrons. The van der Waals surface area contributed by atoms with Gasteiger partial charge in [0.25, 0.3) is 5.91 Å². The zero-order chi connectivity index (χ0) is 28.5. The Morgan fingerprint density at radius 1 is 1.10 bits per heavy atom. The minimum atomic E-state index is -0.412. The number of halogens is 3. The first-order valence-corrected chi connectivity index (χ1v) is 14.2. The third-order valence-corrected chi connectivity index (χ3v) is 7.80. The van der Waals surface area contributed by atoms with E-state index in [0.717, 1.165) is 4.88 Å². The van der Waals surface area contributed by atoms with Gasteiger partial charge in [-0.2, -0.15) is 0 Å². The van der Waals surface area contributed by atoms with E-state index in [2.05, 4.69) is 25.7 Å². The van der Waals surface area contributed by atoms with E-state index in [-0.39, 0.29) is 30.1 Å². The summed E-state index contributed by atoms with van der Waals surface area (Å²) in [5.74, 6) is -0.628. The van der Waals surface area contributed by atoms with Crippen LogP contribution in [-0.4, -0.2) is 59.6 Å². The largest absolute Gasteiger partial charge is 0.335 e. The van der Waals surface area contributed by atoms with Gasteiger partial charge in [-0.25, -0.2) is 18.7 Å². The fourth-order valence-electron chi connectivity index (χ4n) is 4.63. The molecule has 1 aliphatic rings. The monoisotopic (exact) mass is 610 g/mol. The zero-order valence-electron chi connectivity index (χ0n) is 21.2. The van der Waals surface area contributed by atoms with Gasteiger partial charge in [0, 0.05) is 40.9 Å². The summed E-state index contributed by atoms with van der Waals surface area (Å²) in [5, 5.41) is 18.2. The van der Waals surface area contributed by atoms with Crippen molar-refractivity contribution in [2.75, 3.05) is 18.4 Å². The number of anilines is 1. The molecule has 0 spiro atoms. The number of thiophene rings is 1. The number of carbonyl (C=O) groups is 2. The Balaban J connectivity index is 1.14. The molecule has 1 N–H and O–H groups in total. The highest BCUT2D eigenvalue weighted by atomic mass is 35.5. The lowest BCUT2D eigenvalue weighted by Gasteiger charge is -2.13. The molecule has 14 heteroatoms. The predicted octanol–water partition coefficient (Wildman–Crippen LogP) is 5.30. The third-order valence-electron chi connectivity index (χ3n) is 6.49. The molecule has 10 nitrogen and oxygen atoms in total. The summed E-state index contributed by atoms with van der Waals surface area (Å²) in [6.07, 6.45) is 2.37. The van der Waals surface area contributed by atoms with E-state index in [4.69, 9.17) is 23.2 Å². The Morgan fingerprint density at radius 2 is 1.93 bits per heavy atom. The summed E-state index contributed by atoms with van der Waals surface area (Å²) in [7, 11) is 0. The van der Waals surface area contributed by atoms with Crippen LogP contribution in [0.4, 0.5) is 10.1 Å². The van der Waals surface area contributed by atoms with Crippen LogP contribution in [0, 0.1) is 5.82 Å². The van der Waals surface area contributed by atoms with Crippen molar-refractivity contribution in [1.29, 1.82) is 0 Å². The molecule has 41 heavy (non-hydrogen) atoms. The number of likely N-dealkylation sites (tertiary alicyclic amines) is 1. The summed E-state index contributed by atoms with van der Waals surface area (Å²) in [4.78, 5) is 32.9. The quantitative estimate of drug-likeness (QED) is 0.268. The molecule has 1 unspecified atom stereocenters.